The second kappa shape index (κ2) is 10.6. The molecule has 0 aliphatic rings. The summed E-state index contributed by atoms with van der Waals surface area (Å²) in [5.41, 5.74) is 1.70. The van der Waals surface area contributed by atoms with E-state index in [1.807, 2.05) is 52.0 Å². The predicted octanol–water partition coefficient (Wildman–Crippen LogP) is 3.75. The van der Waals surface area contributed by atoms with Crippen LogP contribution >= 0.6 is 11.6 Å². The highest BCUT2D eigenvalue weighted by Crippen LogP contribution is 2.22. The molecule has 9 heteroatoms. The fraction of sp³-hybridized carbons (Fsp3) is 0.417. The second-order valence-corrected chi connectivity index (χ2v) is 11.5. The molecule has 2 amide bonds. The van der Waals surface area contributed by atoms with Gasteiger partial charge in [0.15, 0.2) is 0 Å². The highest BCUT2D eigenvalue weighted by molar-refractivity contribution is 7.92. The number of carbonyl (C=O) groups is 2. The van der Waals surface area contributed by atoms with Gasteiger partial charge in [0.05, 0.1) is 11.9 Å². The number of carbonyl (C=O) groups excluding carboxylic acids is 2. The zero-order valence-corrected chi connectivity index (χ0v) is 21.5. The van der Waals surface area contributed by atoms with Gasteiger partial charge in [0.1, 0.15) is 12.6 Å². The van der Waals surface area contributed by atoms with Crippen molar-refractivity contribution in [1.29, 1.82) is 0 Å². The molecular weight excluding hydrogens is 462 g/mol. The van der Waals surface area contributed by atoms with E-state index >= 15 is 0 Å². The fourth-order valence-corrected chi connectivity index (χ4v) is 4.22. The van der Waals surface area contributed by atoms with E-state index < -0.39 is 34.1 Å². The Kier molecular flexibility index (Phi) is 8.54. The number of sulfonamides is 1. The molecule has 0 radical (unpaired) electrons. The Morgan fingerprint density at radius 2 is 1.70 bits per heavy atom. The van der Waals surface area contributed by atoms with Crippen LogP contribution in [0.4, 0.5) is 5.69 Å². The van der Waals surface area contributed by atoms with Gasteiger partial charge in [-0.05, 0) is 58.4 Å². The summed E-state index contributed by atoms with van der Waals surface area (Å²) in [5, 5.41) is 3.24. The molecule has 0 aliphatic carbocycles. The molecule has 180 valence electrons. The number of hydrogen-bond donors (Lipinski definition) is 1. The van der Waals surface area contributed by atoms with Crippen molar-refractivity contribution >= 4 is 39.1 Å². The van der Waals surface area contributed by atoms with Gasteiger partial charge in [-0.15, -0.1) is 0 Å². The number of anilines is 1. The van der Waals surface area contributed by atoms with Gasteiger partial charge in [0.25, 0.3) is 0 Å². The molecule has 0 heterocycles. The van der Waals surface area contributed by atoms with E-state index in [0.29, 0.717) is 5.02 Å². The molecule has 2 aromatic carbocycles. The van der Waals surface area contributed by atoms with Gasteiger partial charge in [-0.3, -0.25) is 13.9 Å². The Bertz CT molecular complexity index is 1100. The molecule has 2 aromatic rings. The van der Waals surface area contributed by atoms with E-state index in [2.05, 4.69) is 5.32 Å². The van der Waals surface area contributed by atoms with Crippen LogP contribution in [0.5, 0.6) is 0 Å². The van der Waals surface area contributed by atoms with Crippen LogP contribution in [0.2, 0.25) is 5.02 Å². The van der Waals surface area contributed by atoms with Crippen LogP contribution in [0.25, 0.3) is 0 Å². The highest BCUT2D eigenvalue weighted by Gasteiger charge is 2.31. The number of amides is 2. The fourth-order valence-electron chi connectivity index (χ4n) is 3.19. The van der Waals surface area contributed by atoms with Crippen LogP contribution in [0.15, 0.2) is 48.5 Å². The SMILES string of the molecule is Cc1ccc(CN(C(=O)CN(c2cccc(Cl)c2)S(C)(=O)=O)[C@@H](C)C(=O)NC(C)(C)C)cc1. The minimum atomic E-state index is -3.79. The number of halogens is 1. The van der Waals surface area contributed by atoms with E-state index in [0.717, 1.165) is 21.7 Å². The molecule has 0 spiro atoms. The summed E-state index contributed by atoms with van der Waals surface area (Å²) in [6, 6.07) is 13.1. The smallest absolute Gasteiger partial charge is 0.244 e. The monoisotopic (exact) mass is 493 g/mol. The van der Waals surface area contributed by atoms with Gasteiger partial charge in [-0.1, -0.05) is 47.5 Å². The number of hydrogen-bond acceptors (Lipinski definition) is 4. The van der Waals surface area contributed by atoms with Crippen molar-refractivity contribution in [2.45, 2.75) is 52.7 Å². The quantitative estimate of drug-likeness (QED) is 0.606. The lowest BCUT2D eigenvalue weighted by molar-refractivity contribution is -0.140. The third kappa shape index (κ3) is 8.05. The van der Waals surface area contributed by atoms with Crippen molar-refractivity contribution in [3.8, 4) is 0 Å². The van der Waals surface area contributed by atoms with E-state index in [9.17, 15) is 18.0 Å². The summed E-state index contributed by atoms with van der Waals surface area (Å²) < 4.78 is 26.0. The van der Waals surface area contributed by atoms with Crippen molar-refractivity contribution in [3.05, 3.63) is 64.7 Å². The molecule has 1 atom stereocenters. The standard InChI is InChI=1S/C24H32ClN3O4S/c1-17-10-12-19(13-11-17)15-27(18(2)23(30)26-24(3,4)5)22(29)16-28(33(6,31)32)21-9-7-8-20(25)14-21/h7-14,18H,15-16H2,1-6H3,(H,26,30)/t18-/m0/s1. The molecule has 33 heavy (non-hydrogen) atoms. The molecule has 0 saturated heterocycles. The topological polar surface area (TPSA) is 86.8 Å². The van der Waals surface area contributed by atoms with Crippen LogP contribution in [-0.2, 0) is 26.2 Å². The van der Waals surface area contributed by atoms with Crippen LogP contribution < -0.4 is 9.62 Å². The summed E-state index contributed by atoms with van der Waals surface area (Å²) in [7, 11) is -3.79. The normalized spacial score (nSPS) is 12.7. The zero-order chi connectivity index (χ0) is 25.0. The first-order chi connectivity index (χ1) is 15.2. The number of nitrogens with zero attached hydrogens (tertiary/aromatic N) is 2. The lowest BCUT2D eigenvalue weighted by Crippen LogP contribution is -2.54. The minimum absolute atomic E-state index is 0.158. The highest BCUT2D eigenvalue weighted by atomic mass is 35.5. The van der Waals surface area contributed by atoms with Crippen molar-refractivity contribution in [1.82, 2.24) is 10.2 Å². The Morgan fingerprint density at radius 1 is 1.09 bits per heavy atom. The summed E-state index contributed by atoms with van der Waals surface area (Å²) in [6.07, 6.45) is 1.03. The largest absolute Gasteiger partial charge is 0.350 e. The molecule has 1 N–H and O–H groups in total. The Balaban J connectivity index is 2.39. The number of nitrogens with one attached hydrogen (secondary N) is 1. The van der Waals surface area contributed by atoms with Crippen LogP contribution in [0, 0.1) is 6.92 Å². The van der Waals surface area contributed by atoms with Gasteiger partial charge in [-0.2, -0.15) is 0 Å². The predicted molar refractivity (Wildman–Crippen MR) is 133 cm³/mol. The maximum absolute atomic E-state index is 13.4. The van der Waals surface area contributed by atoms with E-state index in [4.69, 9.17) is 11.6 Å². The van der Waals surface area contributed by atoms with E-state index in [1.54, 1.807) is 25.1 Å². The van der Waals surface area contributed by atoms with Gasteiger partial charge < -0.3 is 10.2 Å². The molecule has 0 saturated carbocycles. The average Bonchev–Trinajstić information content (AvgIpc) is 2.68. The first-order valence-electron chi connectivity index (χ1n) is 10.6. The van der Waals surface area contributed by atoms with Crippen molar-refractivity contribution < 1.29 is 18.0 Å². The third-order valence-corrected chi connectivity index (χ3v) is 6.29. The van der Waals surface area contributed by atoms with Gasteiger partial charge in [0, 0.05) is 17.1 Å². The molecule has 2 rings (SSSR count). The Morgan fingerprint density at radius 3 is 2.21 bits per heavy atom. The first-order valence-corrected chi connectivity index (χ1v) is 12.8. The molecule has 0 bridgehead atoms. The van der Waals surface area contributed by atoms with Crippen LogP contribution in [-0.4, -0.2) is 49.5 Å². The van der Waals surface area contributed by atoms with Crippen molar-refractivity contribution in [3.63, 3.8) is 0 Å². The van der Waals surface area contributed by atoms with Gasteiger partial charge in [-0.25, -0.2) is 8.42 Å². The molecular formula is C24H32ClN3O4S. The van der Waals surface area contributed by atoms with Gasteiger partial charge >= 0.3 is 0 Å². The number of benzene rings is 2. The first kappa shape index (κ1) is 26.7. The van der Waals surface area contributed by atoms with Crippen molar-refractivity contribution in [2.75, 3.05) is 17.1 Å². The summed E-state index contributed by atoms with van der Waals surface area (Å²) in [6.45, 7) is 8.86. The van der Waals surface area contributed by atoms with E-state index in [1.165, 1.54) is 11.0 Å². The van der Waals surface area contributed by atoms with Crippen LogP contribution in [0.3, 0.4) is 0 Å². The maximum atomic E-state index is 13.4. The Labute approximate surface area is 201 Å². The van der Waals surface area contributed by atoms with Gasteiger partial charge in [0.2, 0.25) is 21.8 Å². The molecule has 7 nitrogen and oxygen atoms in total. The lowest BCUT2D eigenvalue weighted by atomic mass is 10.1. The molecule has 0 aliphatic heterocycles. The molecule has 0 unspecified atom stereocenters. The Hall–Kier alpha value is -2.58. The minimum Gasteiger partial charge on any atom is -0.350 e. The lowest BCUT2D eigenvalue weighted by Gasteiger charge is -2.33. The zero-order valence-electron chi connectivity index (χ0n) is 19.9. The molecule has 0 fully saturated rings. The summed E-state index contributed by atoms with van der Waals surface area (Å²) in [4.78, 5) is 27.7. The van der Waals surface area contributed by atoms with Crippen LogP contribution in [0.1, 0.15) is 38.8 Å². The summed E-state index contributed by atoms with van der Waals surface area (Å²) in [5.74, 6) is -0.825. The molecule has 0 aromatic heterocycles. The number of rotatable bonds is 8. The number of aryl methyl sites for hydroxylation is 1. The second-order valence-electron chi connectivity index (χ2n) is 9.17. The summed E-state index contributed by atoms with van der Waals surface area (Å²) >= 11 is 6.04. The van der Waals surface area contributed by atoms with Crippen molar-refractivity contribution in [2.24, 2.45) is 0 Å². The maximum Gasteiger partial charge on any atom is 0.244 e. The van der Waals surface area contributed by atoms with E-state index in [-0.39, 0.29) is 18.1 Å². The average molecular weight is 494 g/mol. The third-order valence-electron chi connectivity index (χ3n) is 4.91.